The van der Waals surface area contributed by atoms with E-state index in [2.05, 4.69) is 17.2 Å². The first kappa shape index (κ1) is 13.9. The summed E-state index contributed by atoms with van der Waals surface area (Å²) >= 11 is 0. The van der Waals surface area contributed by atoms with Crippen molar-refractivity contribution < 1.29 is 9.90 Å². The van der Waals surface area contributed by atoms with Gasteiger partial charge in [-0.2, -0.15) is 0 Å². The van der Waals surface area contributed by atoms with E-state index in [0.29, 0.717) is 17.7 Å². The largest absolute Gasteiger partial charge is 0.384 e. The van der Waals surface area contributed by atoms with Gasteiger partial charge in [-0.3, -0.25) is 4.79 Å². The molecule has 0 aliphatic carbocycles. The van der Waals surface area contributed by atoms with E-state index in [1.165, 1.54) is 0 Å². The molecule has 0 aliphatic heterocycles. The minimum absolute atomic E-state index is 0.137. The number of nitrogens with one attached hydrogen (secondary N) is 1. The van der Waals surface area contributed by atoms with Crippen molar-refractivity contribution in [3.63, 3.8) is 0 Å². The van der Waals surface area contributed by atoms with Crippen molar-refractivity contribution in [3.05, 3.63) is 71.3 Å². The average Bonchev–Trinajstić information content (AvgIpc) is 2.52. The lowest BCUT2D eigenvalue weighted by atomic mass is 10.1. The van der Waals surface area contributed by atoms with Crippen LogP contribution in [0.5, 0.6) is 0 Å². The van der Waals surface area contributed by atoms with Crippen LogP contribution >= 0.6 is 0 Å². The number of carbonyl (C=O) groups is 1. The highest BCUT2D eigenvalue weighted by molar-refractivity contribution is 5.94. The molecule has 2 aromatic rings. The van der Waals surface area contributed by atoms with Crippen molar-refractivity contribution in [2.75, 3.05) is 6.61 Å². The zero-order valence-electron chi connectivity index (χ0n) is 11.0. The van der Waals surface area contributed by atoms with E-state index in [4.69, 9.17) is 5.11 Å². The van der Waals surface area contributed by atoms with Crippen LogP contribution in [0.2, 0.25) is 0 Å². The molecule has 0 saturated heterocycles. The van der Waals surface area contributed by atoms with Crippen molar-refractivity contribution >= 4 is 5.91 Å². The predicted molar refractivity (Wildman–Crippen MR) is 78.0 cm³/mol. The van der Waals surface area contributed by atoms with Gasteiger partial charge in [-0.15, -0.1) is 0 Å². The first-order chi connectivity index (χ1) is 9.79. The smallest absolute Gasteiger partial charge is 0.251 e. The van der Waals surface area contributed by atoms with E-state index in [1.54, 1.807) is 24.3 Å². The van der Waals surface area contributed by atoms with E-state index in [-0.39, 0.29) is 12.5 Å². The van der Waals surface area contributed by atoms with Crippen LogP contribution in [0.4, 0.5) is 0 Å². The molecular weight excluding hydrogens is 250 g/mol. The van der Waals surface area contributed by atoms with Gasteiger partial charge in [0.15, 0.2) is 0 Å². The van der Waals surface area contributed by atoms with Crippen molar-refractivity contribution in [3.8, 4) is 11.8 Å². The van der Waals surface area contributed by atoms with Gasteiger partial charge in [0, 0.05) is 17.7 Å². The van der Waals surface area contributed by atoms with E-state index >= 15 is 0 Å². The first-order valence-electron chi connectivity index (χ1n) is 6.31. The predicted octanol–water partition coefficient (Wildman–Crippen LogP) is 1.96. The third-order valence-corrected chi connectivity index (χ3v) is 2.73. The molecule has 0 fully saturated rings. The van der Waals surface area contributed by atoms with Crippen LogP contribution in [0.15, 0.2) is 54.6 Å². The van der Waals surface area contributed by atoms with E-state index in [9.17, 15) is 4.79 Å². The topological polar surface area (TPSA) is 49.3 Å². The molecule has 0 unspecified atom stereocenters. The minimum atomic E-state index is -0.190. The Morgan fingerprint density at radius 3 is 2.65 bits per heavy atom. The van der Waals surface area contributed by atoms with Gasteiger partial charge in [-0.1, -0.05) is 48.2 Å². The van der Waals surface area contributed by atoms with Crippen LogP contribution in [-0.4, -0.2) is 17.6 Å². The molecule has 0 bridgehead atoms. The molecule has 0 radical (unpaired) electrons. The molecule has 0 spiro atoms. The molecule has 1 amide bonds. The summed E-state index contributed by atoms with van der Waals surface area (Å²) in [6.07, 6.45) is 0. The van der Waals surface area contributed by atoms with E-state index in [0.717, 1.165) is 5.56 Å². The Balaban J connectivity index is 2.02. The highest BCUT2D eigenvalue weighted by atomic mass is 16.2. The summed E-state index contributed by atoms with van der Waals surface area (Å²) in [5, 5.41) is 11.5. The number of benzene rings is 2. The Labute approximate surface area is 118 Å². The third-order valence-electron chi connectivity index (χ3n) is 2.73. The summed E-state index contributed by atoms with van der Waals surface area (Å²) < 4.78 is 0. The molecule has 0 aliphatic rings. The standard InChI is InChI=1S/C17H15NO2/c19-11-5-9-14-8-4-10-16(12-14)17(20)18-13-15-6-2-1-3-7-15/h1-4,6-8,10,12,19H,11,13H2,(H,18,20). The zero-order valence-corrected chi connectivity index (χ0v) is 11.0. The van der Waals surface area contributed by atoms with Crippen molar-refractivity contribution in [1.82, 2.24) is 5.32 Å². The Morgan fingerprint density at radius 2 is 1.90 bits per heavy atom. The molecule has 2 N–H and O–H groups in total. The summed E-state index contributed by atoms with van der Waals surface area (Å²) in [6, 6.07) is 16.8. The third kappa shape index (κ3) is 3.98. The summed E-state index contributed by atoms with van der Waals surface area (Å²) in [7, 11) is 0. The molecular formula is C17H15NO2. The second kappa shape index (κ2) is 7.13. The molecule has 20 heavy (non-hydrogen) atoms. The zero-order chi connectivity index (χ0) is 14.2. The fourth-order valence-corrected chi connectivity index (χ4v) is 1.76. The molecule has 2 aromatic carbocycles. The van der Waals surface area contributed by atoms with Gasteiger partial charge in [0.1, 0.15) is 6.61 Å². The van der Waals surface area contributed by atoms with Crippen LogP contribution in [-0.2, 0) is 6.54 Å². The number of amides is 1. The first-order valence-corrected chi connectivity index (χ1v) is 6.31. The van der Waals surface area contributed by atoms with Gasteiger partial charge >= 0.3 is 0 Å². The second-order valence-electron chi connectivity index (χ2n) is 4.21. The molecule has 100 valence electrons. The maximum Gasteiger partial charge on any atom is 0.251 e. The van der Waals surface area contributed by atoms with Crippen LogP contribution in [0.25, 0.3) is 0 Å². The fraction of sp³-hybridized carbons (Fsp3) is 0.118. The molecule has 0 heterocycles. The molecule has 3 nitrogen and oxygen atoms in total. The quantitative estimate of drug-likeness (QED) is 0.833. The summed E-state index contributed by atoms with van der Waals surface area (Å²) in [5.41, 5.74) is 2.33. The average molecular weight is 265 g/mol. The van der Waals surface area contributed by atoms with Gasteiger partial charge in [0.2, 0.25) is 0 Å². The lowest BCUT2D eigenvalue weighted by Crippen LogP contribution is -2.22. The van der Waals surface area contributed by atoms with E-state index in [1.807, 2.05) is 30.3 Å². The summed E-state index contributed by atoms with van der Waals surface area (Å²) in [6.45, 7) is 0.302. The van der Waals surface area contributed by atoms with Gasteiger partial charge < -0.3 is 10.4 Å². The molecule has 0 aromatic heterocycles. The number of rotatable bonds is 3. The Hall–Kier alpha value is -2.57. The van der Waals surface area contributed by atoms with Crippen LogP contribution < -0.4 is 5.32 Å². The van der Waals surface area contributed by atoms with Crippen molar-refractivity contribution in [1.29, 1.82) is 0 Å². The Bertz CT molecular complexity index is 639. The fourth-order valence-electron chi connectivity index (χ4n) is 1.76. The van der Waals surface area contributed by atoms with E-state index < -0.39 is 0 Å². The SMILES string of the molecule is O=C(NCc1ccccc1)c1cccc(C#CCO)c1. The number of aliphatic hydroxyl groups excluding tert-OH is 1. The minimum Gasteiger partial charge on any atom is -0.384 e. The van der Waals surface area contributed by atoms with Gasteiger partial charge in [0.05, 0.1) is 0 Å². The summed E-state index contributed by atoms with van der Waals surface area (Å²) in [5.74, 6) is 5.21. The molecule has 0 atom stereocenters. The maximum absolute atomic E-state index is 12.0. The normalized spacial score (nSPS) is 9.45. The number of hydrogen-bond donors (Lipinski definition) is 2. The van der Waals surface area contributed by atoms with Crippen LogP contribution in [0.3, 0.4) is 0 Å². The number of hydrogen-bond acceptors (Lipinski definition) is 2. The lowest BCUT2D eigenvalue weighted by Gasteiger charge is -2.05. The van der Waals surface area contributed by atoms with Gasteiger partial charge in [-0.25, -0.2) is 0 Å². The number of carbonyl (C=O) groups excluding carboxylic acids is 1. The molecule has 3 heteroatoms. The summed E-state index contributed by atoms with van der Waals surface area (Å²) in [4.78, 5) is 12.0. The Morgan fingerprint density at radius 1 is 1.10 bits per heavy atom. The van der Waals surface area contributed by atoms with Crippen molar-refractivity contribution in [2.24, 2.45) is 0 Å². The molecule has 2 rings (SSSR count). The highest BCUT2D eigenvalue weighted by Gasteiger charge is 2.05. The lowest BCUT2D eigenvalue weighted by molar-refractivity contribution is 0.0951. The van der Waals surface area contributed by atoms with Crippen LogP contribution in [0, 0.1) is 11.8 Å². The highest BCUT2D eigenvalue weighted by Crippen LogP contribution is 2.05. The maximum atomic E-state index is 12.0. The van der Waals surface area contributed by atoms with Gasteiger partial charge in [0.25, 0.3) is 5.91 Å². The Kier molecular flexibility index (Phi) is 4.94. The second-order valence-corrected chi connectivity index (χ2v) is 4.21. The monoisotopic (exact) mass is 265 g/mol. The number of aliphatic hydroxyl groups is 1. The molecule has 0 saturated carbocycles. The van der Waals surface area contributed by atoms with Crippen LogP contribution in [0.1, 0.15) is 21.5 Å². The van der Waals surface area contributed by atoms with Gasteiger partial charge in [-0.05, 0) is 23.8 Å². The van der Waals surface area contributed by atoms with Crippen molar-refractivity contribution in [2.45, 2.75) is 6.54 Å².